The first-order chi connectivity index (χ1) is 18.3. The van der Waals surface area contributed by atoms with Crippen LogP contribution < -0.4 is 0 Å². The number of aliphatic hydroxyl groups is 1. The number of aliphatic hydroxyl groups excluding tert-OH is 1. The number of hydrogen-bond donors (Lipinski definition) is 2. The van der Waals surface area contributed by atoms with Gasteiger partial charge in [-0.05, 0) is 42.4 Å². The Balaban J connectivity index is 1.73. The lowest BCUT2D eigenvalue weighted by atomic mass is 9.42. The highest BCUT2D eigenvalue weighted by Crippen LogP contribution is 2.71. The average Bonchev–Trinajstić information content (AvgIpc) is 3.03. The normalized spacial score (nSPS) is 40.0. The van der Waals surface area contributed by atoms with E-state index in [2.05, 4.69) is 6.92 Å². The quantitative estimate of drug-likeness (QED) is 0.429. The number of carboxylic acids is 1. The monoisotopic (exact) mass is 558 g/mol. The Morgan fingerprint density at radius 2 is 1.62 bits per heavy atom. The zero-order valence-electron chi connectivity index (χ0n) is 25.3. The van der Waals surface area contributed by atoms with E-state index in [1.165, 1.54) is 13.8 Å². The summed E-state index contributed by atoms with van der Waals surface area (Å²) >= 11 is 0. The van der Waals surface area contributed by atoms with E-state index >= 15 is 0 Å². The van der Waals surface area contributed by atoms with Crippen LogP contribution in [0, 0.1) is 45.3 Å². The van der Waals surface area contributed by atoms with Gasteiger partial charge in [-0.1, -0.05) is 48.5 Å². The van der Waals surface area contributed by atoms with Crippen LogP contribution in [0.2, 0.25) is 0 Å². The summed E-state index contributed by atoms with van der Waals surface area (Å²) in [5.74, 6) is -3.03. The Kier molecular flexibility index (Phi) is 7.56. The van der Waals surface area contributed by atoms with Crippen LogP contribution in [0.15, 0.2) is 11.1 Å². The van der Waals surface area contributed by atoms with Crippen molar-refractivity contribution >= 4 is 29.3 Å². The Morgan fingerprint density at radius 1 is 1.00 bits per heavy atom. The van der Waals surface area contributed by atoms with Crippen LogP contribution in [0.3, 0.4) is 0 Å². The molecule has 222 valence electrons. The molecule has 8 nitrogen and oxygen atoms in total. The molecule has 0 bridgehead atoms. The molecule has 9 atom stereocenters. The minimum Gasteiger partial charge on any atom is -0.481 e. The summed E-state index contributed by atoms with van der Waals surface area (Å²) < 4.78 is 5.68. The van der Waals surface area contributed by atoms with Gasteiger partial charge in [0, 0.05) is 60.0 Å². The second kappa shape index (κ2) is 9.88. The zero-order chi connectivity index (χ0) is 30.2. The van der Waals surface area contributed by atoms with Gasteiger partial charge in [-0.15, -0.1) is 0 Å². The van der Waals surface area contributed by atoms with Gasteiger partial charge in [0.2, 0.25) is 0 Å². The maximum Gasteiger partial charge on any atom is 0.306 e. The second-order valence-electron chi connectivity index (χ2n) is 14.5. The van der Waals surface area contributed by atoms with Crippen LogP contribution in [0.5, 0.6) is 0 Å². The Labute approximate surface area is 237 Å². The number of ether oxygens (including phenoxy) is 1. The Bertz CT molecular complexity index is 1180. The molecule has 0 radical (unpaired) electrons. The summed E-state index contributed by atoms with van der Waals surface area (Å²) in [5.41, 5.74) is -1.76. The van der Waals surface area contributed by atoms with E-state index in [4.69, 9.17) is 4.74 Å². The van der Waals surface area contributed by atoms with E-state index in [0.717, 1.165) is 0 Å². The van der Waals surface area contributed by atoms with E-state index in [1.807, 2.05) is 34.6 Å². The molecule has 0 aromatic heterocycles. The summed E-state index contributed by atoms with van der Waals surface area (Å²) in [6, 6.07) is 0. The molecule has 2 fully saturated rings. The van der Waals surface area contributed by atoms with E-state index < -0.39 is 39.7 Å². The van der Waals surface area contributed by atoms with Gasteiger partial charge in [0.1, 0.15) is 11.9 Å². The van der Waals surface area contributed by atoms with Gasteiger partial charge in [-0.2, -0.15) is 0 Å². The maximum absolute atomic E-state index is 14.2. The predicted molar refractivity (Wildman–Crippen MR) is 147 cm³/mol. The van der Waals surface area contributed by atoms with Gasteiger partial charge >= 0.3 is 11.9 Å². The van der Waals surface area contributed by atoms with Crippen molar-refractivity contribution in [1.82, 2.24) is 0 Å². The first-order valence-electron chi connectivity index (χ1n) is 14.7. The predicted octanol–water partition coefficient (Wildman–Crippen LogP) is 4.70. The van der Waals surface area contributed by atoms with Crippen LogP contribution in [0.4, 0.5) is 0 Å². The van der Waals surface area contributed by atoms with Crippen molar-refractivity contribution in [2.24, 2.45) is 45.3 Å². The van der Waals surface area contributed by atoms with Crippen molar-refractivity contribution in [2.45, 2.75) is 113 Å². The highest BCUT2D eigenvalue weighted by Gasteiger charge is 2.70. The molecule has 8 heteroatoms. The van der Waals surface area contributed by atoms with Gasteiger partial charge < -0.3 is 14.9 Å². The third-order valence-electron chi connectivity index (χ3n) is 11.9. The number of Topliss-reactive ketones (excluding diaryl/α,β-unsaturated/α-hetero) is 3. The highest BCUT2D eigenvalue weighted by atomic mass is 16.5. The second-order valence-corrected chi connectivity index (χ2v) is 14.5. The topological polar surface area (TPSA) is 135 Å². The summed E-state index contributed by atoms with van der Waals surface area (Å²) in [6.07, 6.45) is 0.870. The maximum atomic E-state index is 14.2. The molecule has 2 N–H and O–H groups in total. The van der Waals surface area contributed by atoms with E-state index in [0.29, 0.717) is 30.4 Å². The summed E-state index contributed by atoms with van der Waals surface area (Å²) in [7, 11) is 0. The lowest BCUT2D eigenvalue weighted by Gasteiger charge is -2.61. The number of carbonyl (C=O) groups excluding carboxylic acids is 4. The smallest absolute Gasteiger partial charge is 0.306 e. The molecule has 4 aliphatic rings. The minimum absolute atomic E-state index is 0.0560. The molecule has 0 aromatic rings. The molecule has 4 rings (SSSR count). The Hall–Kier alpha value is -2.35. The van der Waals surface area contributed by atoms with Gasteiger partial charge in [0.15, 0.2) is 11.6 Å². The molecule has 1 unspecified atom stereocenters. The van der Waals surface area contributed by atoms with Crippen LogP contribution in [0.25, 0.3) is 0 Å². The molecule has 4 aliphatic carbocycles. The lowest BCUT2D eigenvalue weighted by Crippen LogP contribution is -2.60. The summed E-state index contributed by atoms with van der Waals surface area (Å²) in [6.45, 7) is 14.9. The van der Waals surface area contributed by atoms with Crippen molar-refractivity contribution in [3.63, 3.8) is 0 Å². The van der Waals surface area contributed by atoms with Gasteiger partial charge in [-0.3, -0.25) is 24.0 Å². The number of ketones is 3. The number of allylic oxidation sites excluding steroid dienone is 1. The number of carbonyl (C=O) groups is 5. The van der Waals surface area contributed by atoms with Crippen molar-refractivity contribution in [2.75, 3.05) is 0 Å². The van der Waals surface area contributed by atoms with Crippen LogP contribution in [-0.2, 0) is 28.7 Å². The molecule has 0 aromatic carbocycles. The number of rotatable bonds is 7. The molecule has 2 saturated carbocycles. The molecule has 0 amide bonds. The molecule has 40 heavy (non-hydrogen) atoms. The number of esters is 1. The van der Waals surface area contributed by atoms with Crippen LogP contribution >= 0.6 is 0 Å². The summed E-state index contributed by atoms with van der Waals surface area (Å²) in [4.78, 5) is 64.2. The Morgan fingerprint density at radius 3 is 2.20 bits per heavy atom. The number of fused-ring (bicyclic) bond motifs is 4. The summed E-state index contributed by atoms with van der Waals surface area (Å²) in [5, 5.41) is 20.9. The lowest BCUT2D eigenvalue weighted by molar-refractivity contribution is -0.169. The van der Waals surface area contributed by atoms with E-state index in [9.17, 15) is 34.2 Å². The number of hydrogen-bond acceptors (Lipinski definition) is 7. The molecule has 0 aliphatic heterocycles. The van der Waals surface area contributed by atoms with Crippen molar-refractivity contribution in [3.8, 4) is 0 Å². The minimum atomic E-state index is -1.01. The van der Waals surface area contributed by atoms with Crippen molar-refractivity contribution in [1.29, 1.82) is 0 Å². The third-order valence-corrected chi connectivity index (χ3v) is 11.9. The van der Waals surface area contributed by atoms with Crippen LogP contribution in [0.1, 0.15) is 100 Å². The van der Waals surface area contributed by atoms with Crippen LogP contribution in [-0.4, -0.2) is 51.7 Å². The fourth-order valence-electron chi connectivity index (χ4n) is 9.51. The van der Waals surface area contributed by atoms with Gasteiger partial charge in [0.25, 0.3) is 0 Å². The van der Waals surface area contributed by atoms with E-state index in [1.54, 1.807) is 0 Å². The first-order valence-corrected chi connectivity index (χ1v) is 14.7. The SMILES string of the molecule is CC(=O)O[C@H]1CC[C@]2(C)C3=C(C(=O)C[C@H]2C1(C)C)[C@]1(C)[C@@H](O)C[C@H]([C@H](C)CC(=O)CC(C)C(=O)O)[C@@]1(C)CC3=O. The van der Waals surface area contributed by atoms with Crippen molar-refractivity contribution < 1.29 is 38.9 Å². The number of aliphatic carboxylic acids is 1. The fourth-order valence-corrected chi connectivity index (χ4v) is 9.51. The molecular weight excluding hydrogens is 512 g/mol. The molecular formula is C32H46O8. The standard InChI is InChI=1S/C32H46O8/c1-16(11-19(34)12-17(2)28(38)39)20-13-24(37)32(8)27-21(35)14-23-29(4,5)25(40-18(3)33)9-10-30(23,6)26(27)22(36)15-31(20,32)7/h16-17,20,23-25,37H,9-15H2,1-8H3,(H,38,39)/t16-,17?,20-,23+,24+,25+,30+,31-,32+/m1/s1. The zero-order valence-corrected chi connectivity index (χ0v) is 25.3. The first kappa shape index (κ1) is 30.6. The third kappa shape index (κ3) is 4.31. The van der Waals surface area contributed by atoms with Gasteiger partial charge in [-0.25, -0.2) is 0 Å². The molecule has 0 spiro atoms. The fraction of sp³-hybridized carbons (Fsp3) is 0.781. The number of carboxylic acid groups (broad SMARTS) is 1. The molecule has 0 heterocycles. The van der Waals surface area contributed by atoms with E-state index in [-0.39, 0.29) is 72.9 Å². The van der Waals surface area contributed by atoms with Crippen molar-refractivity contribution in [3.05, 3.63) is 11.1 Å². The average molecular weight is 559 g/mol. The molecule has 0 saturated heterocycles. The largest absolute Gasteiger partial charge is 0.481 e. The van der Waals surface area contributed by atoms with Gasteiger partial charge in [0.05, 0.1) is 12.0 Å². The highest BCUT2D eigenvalue weighted by molar-refractivity contribution is 6.11.